The third kappa shape index (κ3) is 2.55. The zero-order chi connectivity index (χ0) is 16.4. The Morgan fingerprint density at radius 2 is 1.82 bits per heavy atom. The number of benzene rings is 1. The number of methoxy groups -OCH3 is 1. The minimum atomic E-state index is -1.18. The van der Waals surface area contributed by atoms with Gasteiger partial charge in [-0.25, -0.2) is 4.79 Å². The molecule has 1 fully saturated rings. The van der Waals surface area contributed by atoms with Crippen molar-refractivity contribution in [1.29, 1.82) is 0 Å². The number of ether oxygens (including phenoxy) is 2. The summed E-state index contributed by atoms with van der Waals surface area (Å²) in [4.78, 5) is 12.1. The van der Waals surface area contributed by atoms with Crippen LogP contribution in [0.15, 0.2) is 30.3 Å². The van der Waals surface area contributed by atoms with E-state index in [0.29, 0.717) is 19.6 Å². The van der Waals surface area contributed by atoms with Crippen LogP contribution in [0, 0.1) is 10.8 Å². The third-order valence-corrected chi connectivity index (χ3v) is 5.68. The molecular formula is C18H26O4. The fourth-order valence-electron chi connectivity index (χ4n) is 3.60. The molecule has 0 radical (unpaired) electrons. The second-order valence-corrected chi connectivity index (χ2v) is 7.03. The molecule has 0 aliphatic heterocycles. The Bertz CT molecular complexity index is 525. The summed E-state index contributed by atoms with van der Waals surface area (Å²) in [5.74, 6) is -0.881. The van der Waals surface area contributed by atoms with Crippen LogP contribution in [0.3, 0.4) is 0 Å². The summed E-state index contributed by atoms with van der Waals surface area (Å²) in [7, 11) is 1.66. The predicted molar refractivity (Wildman–Crippen MR) is 84.6 cm³/mol. The van der Waals surface area contributed by atoms with Gasteiger partial charge in [0.05, 0.1) is 13.2 Å². The lowest BCUT2D eigenvalue weighted by molar-refractivity contribution is -0.192. The summed E-state index contributed by atoms with van der Waals surface area (Å²) in [6.07, 6.45) is 1.27. The maximum Gasteiger partial charge on any atom is 0.336 e. The van der Waals surface area contributed by atoms with E-state index in [1.54, 1.807) is 7.11 Å². The van der Waals surface area contributed by atoms with E-state index in [9.17, 15) is 9.90 Å². The lowest BCUT2D eigenvalue weighted by Gasteiger charge is -2.46. The standard InChI is InChI=1S/C18H26O4/c1-16(2)17(3,13-21-4)10-11-18(16,15(19)20)22-12-14-8-6-5-7-9-14/h5-9H,10-13H2,1-4H3,(H,19,20)/t17-,18+/m0/s1. The van der Waals surface area contributed by atoms with Crippen LogP contribution in [0.1, 0.15) is 39.2 Å². The molecule has 0 heterocycles. The van der Waals surface area contributed by atoms with Crippen LogP contribution < -0.4 is 0 Å². The average Bonchev–Trinajstić information content (AvgIpc) is 2.67. The van der Waals surface area contributed by atoms with Gasteiger partial charge in [0.2, 0.25) is 0 Å². The number of hydrogen-bond donors (Lipinski definition) is 1. The van der Waals surface area contributed by atoms with E-state index in [0.717, 1.165) is 12.0 Å². The number of aliphatic carboxylic acids is 1. The fourth-order valence-corrected chi connectivity index (χ4v) is 3.60. The number of hydrogen-bond acceptors (Lipinski definition) is 3. The lowest BCUT2D eigenvalue weighted by atomic mass is 9.64. The van der Waals surface area contributed by atoms with Crippen molar-refractivity contribution in [1.82, 2.24) is 0 Å². The summed E-state index contributed by atoms with van der Waals surface area (Å²) < 4.78 is 11.4. The quantitative estimate of drug-likeness (QED) is 0.874. The van der Waals surface area contributed by atoms with Gasteiger partial charge in [-0.1, -0.05) is 51.1 Å². The van der Waals surface area contributed by atoms with Gasteiger partial charge < -0.3 is 14.6 Å². The van der Waals surface area contributed by atoms with E-state index in [1.165, 1.54) is 0 Å². The number of carboxylic acids is 1. The fraction of sp³-hybridized carbons (Fsp3) is 0.611. The summed E-state index contributed by atoms with van der Waals surface area (Å²) in [5, 5.41) is 9.91. The van der Waals surface area contributed by atoms with Crippen LogP contribution in [-0.4, -0.2) is 30.4 Å². The van der Waals surface area contributed by atoms with Gasteiger partial charge in [0.15, 0.2) is 5.60 Å². The zero-order valence-corrected chi connectivity index (χ0v) is 13.9. The van der Waals surface area contributed by atoms with Crippen molar-refractivity contribution in [2.45, 2.75) is 45.8 Å². The van der Waals surface area contributed by atoms with E-state index in [2.05, 4.69) is 6.92 Å². The molecule has 1 aliphatic rings. The minimum Gasteiger partial charge on any atom is -0.479 e. The maximum atomic E-state index is 12.1. The molecule has 1 aliphatic carbocycles. The molecule has 0 bridgehead atoms. The normalized spacial score (nSPS) is 30.4. The average molecular weight is 306 g/mol. The second-order valence-electron chi connectivity index (χ2n) is 7.03. The molecule has 0 amide bonds. The molecule has 4 nitrogen and oxygen atoms in total. The highest BCUT2D eigenvalue weighted by atomic mass is 16.5. The van der Waals surface area contributed by atoms with E-state index >= 15 is 0 Å². The first-order chi connectivity index (χ1) is 10.3. The Kier molecular flexibility index (Phi) is 4.64. The molecule has 1 aromatic carbocycles. The number of rotatable bonds is 6. The topological polar surface area (TPSA) is 55.8 Å². The van der Waals surface area contributed by atoms with Crippen LogP contribution in [0.4, 0.5) is 0 Å². The molecule has 1 aromatic rings. The Morgan fingerprint density at radius 3 is 2.36 bits per heavy atom. The van der Waals surface area contributed by atoms with Crippen molar-refractivity contribution in [3.63, 3.8) is 0 Å². The first kappa shape index (κ1) is 17.0. The SMILES string of the molecule is COC[C@]1(C)CC[C@@](OCc2ccccc2)(C(=O)O)C1(C)C. The van der Waals surface area contributed by atoms with Gasteiger partial charge in [-0.2, -0.15) is 0 Å². The Balaban J connectivity index is 2.28. The highest BCUT2D eigenvalue weighted by Gasteiger charge is 2.65. The van der Waals surface area contributed by atoms with Gasteiger partial charge in [-0.05, 0) is 23.8 Å². The van der Waals surface area contributed by atoms with Crippen molar-refractivity contribution in [3.05, 3.63) is 35.9 Å². The van der Waals surface area contributed by atoms with Crippen LogP contribution in [-0.2, 0) is 20.9 Å². The smallest absolute Gasteiger partial charge is 0.336 e. The molecular weight excluding hydrogens is 280 g/mol. The predicted octanol–water partition coefficient (Wildman–Crippen LogP) is 3.50. The zero-order valence-electron chi connectivity index (χ0n) is 13.9. The molecule has 4 heteroatoms. The Labute approximate surface area is 132 Å². The van der Waals surface area contributed by atoms with Gasteiger partial charge >= 0.3 is 5.97 Å². The van der Waals surface area contributed by atoms with Crippen LogP contribution in [0.5, 0.6) is 0 Å². The van der Waals surface area contributed by atoms with E-state index in [1.807, 2.05) is 44.2 Å². The van der Waals surface area contributed by atoms with Crippen molar-refractivity contribution in [3.8, 4) is 0 Å². The summed E-state index contributed by atoms with van der Waals surface area (Å²) in [5.41, 5.74) is -0.955. The third-order valence-electron chi connectivity index (χ3n) is 5.68. The molecule has 0 saturated heterocycles. The maximum absolute atomic E-state index is 12.1. The second kappa shape index (κ2) is 6.01. The van der Waals surface area contributed by atoms with Crippen LogP contribution in [0.2, 0.25) is 0 Å². The van der Waals surface area contributed by atoms with Gasteiger partial charge in [-0.3, -0.25) is 0 Å². The minimum absolute atomic E-state index is 0.225. The molecule has 1 saturated carbocycles. The number of carbonyl (C=O) groups is 1. The molecule has 0 unspecified atom stereocenters. The number of carboxylic acid groups (broad SMARTS) is 1. The van der Waals surface area contributed by atoms with Crippen LogP contribution >= 0.6 is 0 Å². The molecule has 0 aromatic heterocycles. The van der Waals surface area contributed by atoms with Gasteiger partial charge in [0, 0.05) is 12.5 Å². The van der Waals surface area contributed by atoms with E-state index in [4.69, 9.17) is 9.47 Å². The highest BCUT2D eigenvalue weighted by molar-refractivity contribution is 5.79. The Hall–Kier alpha value is -1.39. The molecule has 2 rings (SSSR count). The summed E-state index contributed by atoms with van der Waals surface area (Å²) in [6, 6.07) is 9.70. The van der Waals surface area contributed by atoms with Gasteiger partial charge in [0.1, 0.15) is 0 Å². The van der Waals surface area contributed by atoms with E-state index < -0.39 is 17.0 Å². The highest BCUT2D eigenvalue weighted by Crippen LogP contribution is 2.60. The summed E-state index contributed by atoms with van der Waals surface area (Å²) >= 11 is 0. The van der Waals surface area contributed by atoms with Gasteiger partial charge in [-0.15, -0.1) is 0 Å². The Morgan fingerprint density at radius 1 is 1.18 bits per heavy atom. The monoisotopic (exact) mass is 306 g/mol. The first-order valence-electron chi connectivity index (χ1n) is 7.69. The molecule has 22 heavy (non-hydrogen) atoms. The molecule has 2 atom stereocenters. The van der Waals surface area contributed by atoms with Crippen LogP contribution in [0.25, 0.3) is 0 Å². The van der Waals surface area contributed by atoms with Crippen molar-refractivity contribution >= 4 is 5.97 Å². The largest absolute Gasteiger partial charge is 0.479 e. The van der Waals surface area contributed by atoms with E-state index in [-0.39, 0.29) is 5.41 Å². The first-order valence-corrected chi connectivity index (χ1v) is 7.69. The lowest BCUT2D eigenvalue weighted by Crippen LogP contribution is -2.55. The molecule has 1 N–H and O–H groups in total. The van der Waals surface area contributed by atoms with Crippen molar-refractivity contribution < 1.29 is 19.4 Å². The van der Waals surface area contributed by atoms with Crippen molar-refractivity contribution in [2.24, 2.45) is 10.8 Å². The van der Waals surface area contributed by atoms with Gasteiger partial charge in [0.25, 0.3) is 0 Å². The van der Waals surface area contributed by atoms with Crippen molar-refractivity contribution in [2.75, 3.05) is 13.7 Å². The molecule has 0 spiro atoms. The molecule has 122 valence electrons. The summed E-state index contributed by atoms with van der Waals surface area (Å²) in [6.45, 7) is 6.90.